The van der Waals surface area contributed by atoms with Crippen molar-refractivity contribution in [2.45, 2.75) is 19.6 Å². The molecule has 5 heteroatoms. The van der Waals surface area contributed by atoms with Gasteiger partial charge in [0.05, 0.1) is 12.7 Å². The summed E-state index contributed by atoms with van der Waals surface area (Å²) < 4.78 is 1.93. The van der Waals surface area contributed by atoms with Crippen LogP contribution in [-0.4, -0.2) is 39.9 Å². The van der Waals surface area contributed by atoms with Crippen LogP contribution in [0.1, 0.15) is 5.69 Å². The number of hydrogen-bond donors (Lipinski definition) is 3. The normalized spacial score (nSPS) is 12.6. The van der Waals surface area contributed by atoms with Gasteiger partial charge in [0, 0.05) is 17.8 Å². The van der Waals surface area contributed by atoms with E-state index < -0.39 is 6.10 Å². The van der Waals surface area contributed by atoms with E-state index in [1.807, 2.05) is 41.8 Å². The molecule has 3 N–H and O–H groups in total. The summed E-state index contributed by atoms with van der Waals surface area (Å²) in [6, 6.07) is 9.91. The predicted molar refractivity (Wildman–Crippen MR) is 72.8 cm³/mol. The third-order valence-electron chi connectivity index (χ3n) is 3.07. The number of aliphatic hydroxyl groups is 2. The average molecular weight is 262 g/mol. The van der Waals surface area contributed by atoms with Gasteiger partial charge in [-0.1, -0.05) is 18.2 Å². The molecular formula is C14H18N2O3. The molecule has 0 radical (unpaired) electrons. The smallest absolute Gasteiger partial charge is 0.240 e. The van der Waals surface area contributed by atoms with Crippen molar-refractivity contribution in [3.05, 3.63) is 36.0 Å². The molecule has 1 unspecified atom stereocenters. The Morgan fingerprint density at radius 2 is 2.16 bits per heavy atom. The Morgan fingerprint density at radius 1 is 1.42 bits per heavy atom. The Bertz CT molecular complexity index is 577. The van der Waals surface area contributed by atoms with Gasteiger partial charge in [-0.3, -0.25) is 4.79 Å². The number of amides is 1. The molecule has 0 fully saturated rings. The van der Waals surface area contributed by atoms with Gasteiger partial charge < -0.3 is 20.1 Å². The van der Waals surface area contributed by atoms with E-state index in [0.717, 1.165) is 16.6 Å². The Kier molecular flexibility index (Phi) is 4.19. The lowest BCUT2D eigenvalue weighted by molar-refractivity contribution is -0.122. The molecule has 1 aromatic carbocycles. The van der Waals surface area contributed by atoms with Gasteiger partial charge in [-0.15, -0.1) is 0 Å². The van der Waals surface area contributed by atoms with Crippen molar-refractivity contribution in [2.24, 2.45) is 0 Å². The molecule has 5 nitrogen and oxygen atoms in total. The number of nitrogens with zero attached hydrogens (tertiary/aromatic N) is 1. The number of benzene rings is 1. The number of aliphatic hydroxyl groups excluding tert-OH is 2. The van der Waals surface area contributed by atoms with Crippen molar-refractivity contribution in [1.82, 2.24) is 9.88 Å². The van der Waals surface area contributed by atoms with Crippen LogP contribution >= 0.6 is 0 Å². The van der Waals surface area contributed by atoms with Crippen molar-refractivity contribution in [3.63, 3.8) is 0 Å². The van der Waals surface area contributed by atoms with Crippen LogP contribution in [0, 0.1) is 6.92 Å². The molecule has 19 heavy (non-hydrogen) atoms. The molecule has 2 rings (SSSR count). The SMILES string of the molecule is Cc1cc2ccccc2n1CC(=O)NCC(O)CO. The first-order chi connectivity index (χ1) is 9.11. The Labute approximate surface area is 111 Å². The highest BCUT2D eigenvalue weighted by molar-refractivity contribution is 5.84. The van der Waals surface area contributed by atoms with E-state index in [2.05, 4.69) is 5.32 Å². The summed E-state index contributed by atoms with van der Waals surface area (Å²) in [6.45, 7) is 1.87. The zero-order valence-electron chi connectivity index (χ0n) is 10.8. The van der Waals surface area contributed by atoms with Gasteiger partial charge in [-0.25, -0.2) is 0 Å². The number of carbonyl (C=O) groups excluding carboxylic acids is 1. The molecule has 0 aliphatic rings. The summed E-state index contributed by atoms with van der Waals surface area (Å²) in [5, 5.41) is 21.6. The number of rotatable bonds is 5. The van der Waals surface area contributed by atoms with Crippen LogP contribution < -0.4 is 5.32 Å². The summed E-state index contributed by atoms with van der Waals surface area (Å²) in [4.78, 5) is 11.8. The minimum atomic E-state index is -0.911. The van der Waals surface area contributed by atoms with Gasteiger partial charge in [-0.2, -0.15) is 0 Å². The first-order valence-electron chi connectivity index (χ1n) is 6.22. The highest BCUT2D eigenvalue weighted by atomic mass is 16.3. The molecule has 102 valence electrons. The van der Waals surface area contributed by atoms with E-state index in [4.69, 9.17) is 5.11 Å². The van der Waals surface area contributed by atoms with Crippen molar-refractivity contribution in [1.29, 1.82) is 0 Å². The van der Waals surface area contributed by atoms with Crippen molar-refractivity contribution < 1.29 is 15.0 Å². The minimum Gasteiger partial charge on any atom is -0.394 e. The summed E-state index contributed by atoms with van der Waals surface area (Å²) in [5.74, 6) is -0.183. The number of aryl methyl sites for hydroxylation is 1. The van der Waals surface area contributed by atoms with E-state index >= 15 is 0 Å². The van der Waals surface area contributed by atoms with Gasteiger partial charge in [-0.05, 0) is 24.4 Å². The van der Waals surface area contributed by atoms with Crippen molar-refractivity contribution >= 4 is 16.8 Å². The lowest BCUT2D eigenvalue weighted by atomic mass is 10.2. The van der Waals surface area contributed by atoms with E-state index in [9.17, 15) is 9.90 Å². The van der Waals surface area contributed by atoms with Crippen LogP contribution in [0.15, 0.2) is 30.3 Å². The third kappa shape index (κ3) is 3.13. The van der Waals surface area contributed by atoms with Crippen LogP contribution in [0.3, 0.4) is 0 Å². The molecule has 1 amide bonds. The van der Waals surface area contributed by atoms with Crippen molar-refractivity contribution in [3.8, 4) is 0 Å². The molecule has 0 spiro atoms. The summed E-state index contributed by atoms with van der Waals surface area (Å²) in [5.41, 5.74) is 2.02. The number of fused-ring (bicyclic) bond motifs is 1. The summed E-state index contributed by atoms with van der Waals surface area (Å²) >= 11 is 0. The lowest BCUT2D eigenvalue weighted by Crippen LogP contribution is -2.35. The lowest BCUT2D eigenvalue weighted by Gasteiger charge is -2.11. The van der Waals surface area contributed by atoms with Crippen LogP contribution in [0.5, 0.6) is 0 Å². The third-order valence-corrected chi connectivity index (χ3v) is 3.07. The molecule has 0 bridgehead atoms. The van der Waals surface area contributed by atoms with Gasteiger partial charge in [0.2, 0.25) is 5.91 Å². The molecule has 1 heterocycles. The number of hydrogen-bond acceptors (Lipinski definition) is 3. The number of para-hydroxylation sites is 1. The van der Waals surface area contributed by atoms with Crippen LogP contribution in [-0.2, 0) is 11.3 Å². The van der Waals surface area contributed by atoms with E-state index in [1.165, 1.54) is 0 Å². The first kappa shape index (κ1) is 13.6. The molecule has 0 aliphatic carbocycles. The standard InChI is InChI=1S/C14H18N2O3/c1-10-6-11-4-2-3-5-13(11)16(10)8-14(19)15-7-12(18)9-17/h2-6,12,17-18H,7-9H2,1H3,(H,15,19). The maximum atomic E-state index is 11.8. The Hall–Kier alpha value is -1.85. The molecule has 1 atom stereocenters. The monoisotopic (exact) mass is 262 g/mol. The van der Waals surface area contributed by atoms with E-state index in [0.29, 0.717) is 0 Å². The second kappa shape index (κ2) is 5.86. The molecule has 1 aromatic heterocycles. The number of nitrogens with one attached hydrogen (secondary N) is 1. The van der Waals surface area contributed by atoms with Gasteiger partial charge in [0.15, 0.2) is 0 Å². The second-order valence-electron chi connectivity index (χ2n) is 4.57. The fourth-order valence-corrected chi connectivity index (χ4v) is 2.05. The summed E-state index contributed by atoms with van der Waals surface area (Å²) in [6.07, 6.45) is -0.911. The molecule has 2 aromatic rings. The number of aromatic nitrogens is 1. The second-order valence-corrected chi connectivity index (χ2v) is 4.57. The molecule has 0 saturated heterocycles. The quantitative estimate of drug-likeness (QED) is 0.731. The highest BCUT2D eigenvalue weighted by Crippen LogP contribution is 2.18. The maximum Gasteiger partial charge on any atom is 0.240 e. The first-order valence-corrected chi connectivity index (χ1v) is 6.22. The minimum absolute atomic E-state index is 0.0631. The zero-order valence-corrected chi connectivity index (χ0v) is 10.8. The Morgan fingerprint density at radius 3 is 2.89 bits per heavy atom. The predicted octanol–water partition coefficient (Wildman–Crippen LogP) is 0.419. The molecule has 0 saturated carbocycles. The van der Waals surface area contributed by atoms with Gasteiger partial charge >= 0.3 is 0 Å². The van der Waals surface area contributed by atoms with Gasteiger partial charge in [0.1, 0.15) is 6.54 Å². The molecule has 0 aliphatic heterocycles. The maximum absolute atomic E-state index is 11.8. The largest absolute Gasteiger partial charge is 0.394 e. The fourth-order valence-electron chi connectivity index (χ4n) is 2.05. The Balaban J connectivity index is 2.08. The van der Waals surface area contributed by atoms with Crippen LogP contribution in [0.4, 0.5) is 0 Å². The van der Waals surface area contributed by atoms with Crippen LogP contribution in [0.2, 0.25) is 0 Å². The van der Waals surface area contributed by atoms with Crippen LogP contribution in [0.25, 0.3) is 10.9 Å². The van der Waals surface area contributed by atoms with Crippen molar-refractivity contribution in [2.75, 3.05) is 13.2 Å². The van der Waals surface area contributed by atoms with Gasteiger partial charge in [0.25, 0.3) is 0 Å². The van der Waals surface area contributed by atoms with E-state index in [-0.39, 0.29) is 25.6 Å². The topological polar surface area (TPSA) is 74.5 Å². The average Bonchev–Trinajstić information content (AvgIpc) is 2.72. The highest BCUT2D eigenvalue weighted by Gasteiger charge is 2.10. The summed E-state index contributed by atoms with van der Waals surface area (Å²) in [7, 11) is 0. The van der Waals surface area contributed by atoms with E-state index in [1.54, 1.807) is 0 Å². The molecular weight excluding hydrogens is 244 g/mol. The zero-order chi connectivity index (χ0) is 13.8. The number of carbonyl (C=O) groups is 1. The fraction of sp³-hybridized carbons (Fsp3) is 0.357.